The molecule has 7 heteroatoms. The SMILES string of the molecule is CC(C)(N)Cc1nc(C2CCS(=O)(=O)C2)no1. The molecule has 2 N–H and O–H groups in total. The molecule has 1 aromatic heterocycles. The summed E-state index contributed by atoms with van der Waals surface area (Å²) in [5.74, 6) is 1.17. The van der Waals surface area contributed by atoms with Gasteiger partial charge in [0.05, 0.1) is 11.5 Å². The Hall–Kier alpha value is -0.950. The number of rotatable bonds is 3. The first-order valence-corrected chi connectivity index (χ1v) is 7.39. The number of nitrogens with zero attached hydrogens (tertiary/aromatic N) is 2. The Kier molecular flexibility index (Phi) is 2.99. The predicted octanol–water partition coefficient (Wildman–Crippen LogP) is 0.251. The second-order valence-electron chi connectivity index (χ2n) is 5.31. The second-order valence-corrected chi connectivity index (χ2v) is 7.54. The zero-order valence-corrected chi connectivity index (χ0v) is 10.8. The molecule has 0 aromatic carbocycles. The van der Waals surface area contributed by atoms with Gasteiger partial charge in [-0.05, 0) is 20.3 Å². The molecule has 0 saturated carbocycles. The standard InChI is InChI=1S/C10H17N3O3S/c1-10(2,11)5-8-12-9(13-16-8)7-3-4-17(14,15)6-7/h7H,3-6,11H2,1-2H3. The Balaban J connectivity index is 2.09. The lowest BCUT2D eigenvalue weighted by Gasteiger charge is -2.14. The van der Waals surface area contributed by atoms with Crippen LogP contribution in [-0.2, 0) is 16.3 Å². The lowest BCUT2D eigenvalue weighted by atomic mass is 10.0. The summed E-state index contributed by atoms with van der Waals surface area (Å²) in [7, 11) is -2.92. The molecule has 1 aromatic rings. The summed E-state index contributed by atoms with van der Waals surface area (Å²) in [6.45, 7) is 3.74. The monoisotopic (exact) mass is 259 g/mol. The van der Waals surface area contributed by atoms with E-state index in [9.17, 15) is 8.42 Å². The van der Waals surface area contributed by atoms with E-state index in [1.165, 1.54) is 0 Å². The Morgan fingerprint density at radius 3 is 2.76 bits per heavy atom. The van der Waals surface area contributed by atoms with E-state index < -0.39 is 15.4 Å². The fourth-order valence-corrected chi connectivity index (χ4v) is 3.63. The molecule has 0 radical (unpaired) electrons. The van der Waals surface area contributed by atoms with E-state index in [0.717, 1.165) is 0 Å². The topological polar surface area (TPSA) is 99.1 Å². The summed E-state index contributed by atoms with van der Waals surface area (Å²) in [5.41, 5.74) is 5.44. The fourth-order valence-electron chi connectivity index (χ4n) is 1.89. The molecular weight excluding hydrogens is 242 g/mol. The Labute approximate surface area is 100 Å². The molecule has 0 aliphatic carbocycles. The van der Waals surface area contributed by atoms with Gasteiger partial charge < -0.3 is 10.3 Å². The smallest absolute Gasteiger partial charge is 0.228 e. The maximum Gasteiger partial charge on any atom is 0.228 e. The van der Waals surface area contributed by atoms with Crippen molar-refractivity contribution in [2.45, 2.75) is 38.1 Å². The summed E-state index contributed by atoms with van der Waals surface area (Å²) in [6, 6.07) is 0. The minimum absolute atomic E-state index is 0.123. The highest BCUT2D eigenvalue weighted by molar-refractivity contribution is 7.91. The van der Waals surface area contributed by atoms with E-state index in [4.69, 9.17) is 10.3 Å². The van der Waals surface area contributed by atoms with Crippen molar-refractivity contribution in [2.75, 3.05) is 11.5 Å². The van der Waals surface area contributed by atoms with Crippen LogP contribution in [0.4, 0.5) is 0 Å². The largest absolute Gasteiger partial charge is 0.339 e. The number of nitrogens with two attached hydrogens (primary N) is 1. The van der Waals surface area contributed by atoms with Crippen LogP contribution in [0.1, 0.15) is 37.9 Å². The van der Waals surface area contributed by atoms with Crippen LogP contribution in [-0.4, -0.2) is 35.6 Å². The van der Waals surface area contributed by atoms with Crippen molar-refractivity contribution in [2.24, 2.45) is 5.73 Å². The molecule has 96 valence electrons. The van der Waals surface area contributed by atoms with E-state index in [-0.39, 0.29) is 17.4 Å². The quantitative estimate of drug-likeness (QED) is 0.835. The summed E-state index contributed by atoms with van der Waals surface area (Å²) in [4.78, 5) is 4.22. The molecule has 6 nitrogen and oxygen atoms in total. The van der Waals surface area contributed by atoms with E-state index >= 15 is 0 Å². The normalized spacial score (nSPS) is 24.1. The van der Waals surface area contributed by atoms with Gasteiger partial charge in [0.1, 0.15) is 0 Å². The predicted molar refractivity (Wildman–Crippen MR) is 62.3 cm³/mol. The first kappa shape index (κ1) is 12.5. The summed E-state index contributed by atoms with van der Waals surface area (Å²) >= 11 is 0. The summed E-state index contributed by atoms with van der Waals surface area (Å²) in [5, 5.41) is 3.84. The lowest BCUT2D eigenvalue weighted by molar-refractivity contribution is 0.343. The first-order valence-electron chi connectivity index (χ1n) is 5.57. The molecule has 0 bridgehead atoms. The highest BCUT2D eigenvalue weighted by Gasteiger charge is 2.32. The molecular formula is C10H17N3O3S. The molecule has 1 aliphatic rings. The molecule has 2 heterocycles. The van der Waals surface area contributed by atoms with Gasteiger partial charge in [0.15, 0.2) is 15.7 Å². The lowest BCUT2D eigenvalue weighted by Crippen LogP contribution is -2.34. The van der Waals surface area contributed by atoms with Gasteiger partial charge in [-0.3, -0.25) is 0 Å². The van der Waals surface area contributed by atoms with E-state index in [1.54, 1.807) is 0 Å². The van der Waals surface area contributed by atoms with Gasteiger partial charge in [0.25, 0.3) is 0 Å². The molecule has 1 fully saturated rings. The zero-order valence-electron chi connectivity index (χ0n) is 10.0. The third kappa shape index (κ3) is 3.26. The van der Waals surface area contributed by atoms with Crippen molar-refractivity contribution in [1.82, 2.24) is 10.1 Å². The van der Waals surface area contributed by atoms with Crippen molar-refractivity contribution in [1.29, 1.82) is 0 Å². The summed E-state index contributed by atoms with van der Waals surface area (Å²) < 4.78 is 27.8. The second kappa shape index (κ2) is 4.06. The highest BCUT2D eigenvalue weighted by Crippen LogP contribution is 2.27. The van der Waals surface area contributed by atoms with Gasteiger partial charge in [-0.1, -0.05) is 5.16 Å². The first-order chi connectivity index (χ1) is 7.75. The van der Waals surface area contributed by atoms with Crippen LogP contribution in [0.5, 0.6) is 0 Å². The van der Waals surface area contributed by atoms with Crippen molar-refractivity contribution in [3.05, 3.63) is 11.7 Å². The maximum absolute atomic E-state index is 11.3. The number of hydrogen-bond donors (Lipinski definition) is 1. The molecule has 2 rings (SSSR count). The Morgan fingerprint density at radius 2 is 2.24 bits per heavy atom. The van der Waals surface area contributed by atoms with Gasteiger partial charge in [0, 0.05) is 17.9 Å². The number of sulfone groups is 1. The number of hydrogen-bond acceptors (Lipinski definition) is 6. The number of aromatic nitrogens is 2. The molecule has 0 spiro atoms. The van der Waals surface area contributed by atoms with Crippen molar-refractivity contribution < 1.29 is 12.9 Å². The Bertz CT molecular complexity index is 501. The van der Waals surface area contributed by atoms with Gasteiger partial charge >= 0.3 is 0 Å². The van der Waals surface area contributed by atoms with Gasteiger partial charge in [0.2, 0.25) is 5.89 Å². The Morgan fingerprint density at radius 1 is 1.53 bits per heavy atom. The minimum Gasteiger partial charge on any atom is -0.339 e. The highest BCUT2D eigenvalue weighted by atomic mass is 32.2. The zero-order chi connectivity index (χ0) is 12.7. The van der Waals surface area contributed by atoms with Crippen LogP contribution in [0.3, 0.4) is 0 Å². The van der Waals surface area contributed by atoms with Crippen LogP contribution < -0.4 is 5.73 Å². The van der Waals surface area contributed by atoms with Crippen LogP contribution in [0.15, 0.2) is 4.52 Å². The average Bonchev–Trinajstić information content (AvgIpc) is 2.69. The third-order valence-electron chi connectivity index (χ3n) is 2.69. The van der Waals surface area contributed by atoms with E-state index in [1.807, 2.05) is 13.8 Å². The molecule has 17 heavy (non-hydrogen) atoms. The molecule has 1 aliphatic heterocycles. The summed E-state index contributed by atoms with van der Waals surface area (Å²) in [6.07, 6.45) is 1.06. The third-order valence-corrected chi connectivity index (χ3v) is 4.46. The van der Waals surface area contributed by atoms with E-state index in [0.29, 0.717) is 24.6 Å². The van der Waals surface area contributed by atoms with Gasteiger partial charge in [-0.2, -0.15) is 4.98 Å². The fraction of sp³-hybridized carbons (Fsp3) is 0.800. The van der Waals surface area contributed by atoms with Crippen molar-refractivity contribution >= 4 is 9.84 Å². The molecule has 0 amide bonds. The van der Waals surface area contributed by atoms with Crippen LogP contribution >= 0.6 is 0 Å². The van der Waals surface area contributed by atoms with Crippen LogP contribution in [0.25, 0.3) is 0 Å². The molecule has 1 saturated heterocycles. The average molecular weight is 259 g/mol. The van der Waals surface area contributed by atoms with Crippen LogP contribution in [0.2, 0.25) is 0 Å². The maximum atomic E-state index is 11.3. The van der Waals surface area contributed by atoms with Crippen molar-refractivity contribution in [3.63, 3.8) is 0 Å². The molecule has 1 atom stereocenters. The van der Waals surface area contributed by atoms with Gasteiger partial charge in [-0.25, -0.2) is 8.42 Å². The van der Waals surface area contributed by atoms with E-state index in [2.05, 4.69) is 10.1 Å². The minimum atomic E-state index is -2.92. The van der Waals surface area contributed by atoms with Crippen molar-refractivity contribution in [3.8, 4) is 0 Å². The van der Waals surface area contributed by atoms with Gasteiger partial charge in [-0.15, -0.1) is 0 Å². The van der Waals surface area contributed by atoms with Crippen LogP contribution in [0, 0.1) is 0 Å². The molecule has 1 unspecified atom stereocenters.